The summed E-state index contributed by atoms with van der Waals surface area (Å²) in [7, 11) is 3.39. The molecule has 0 aliphatic heterocycles. The van der Waals surface area contributed by atoms with Gasteiger partial charge in [0.1, 0.15) is 11.4 Å². The average molecular weight is 379 g/mol. The van der Waals surface area contributed by atoms with E-state index in [4.69, 9.17) is 0 Å². The summed E-state index contributed by atoms with van der Waals surface area (Å²) in [6.07, 6.45) is 5.23. The van der Waals surface area contributed by atoms with Crippen molar-refractivity contribution in [3.05, 3.63) is 65.1 Å². The molecule has 3 rings (SSSR count). The van der Waals surface area contributed by atoms with E-state index in [9.17, 15) is 9.59 Å². The molecule has 0 saturated heterocycles. The lowest BCUT2D eigenvalue weighted by Gasteiger charge is -2.19. The molecule has 146 valence electrons. The monoisotopic (exact) mass is 379 g/mol. The highest BCUT2D eigenvalue weighted by atomic mass is 16.2. The van der Waals surface area contributed by atoms with Gasteiger partial charge in [0.25, 0.3) is 5.91 Å². The number of hydrogen-bond acceptors (Lipinski definition) is 3. The largest absolute Gasteiger partial charge is 0.332 e. The lowest BCUT2D eigenvalue weighted by molar-refractivity contribution is -0.116. The second-order valence-electron chi connectivity index (χ2n) is 7.08. The lowest BCUT2D eigenvalue weighted by Crippen LogP contribution is -2.35. The summed E-state index contributed by atoms with van der Waals surface area (Å²) < 4.78 is 3.47. The Bertz CT molecular complexity index is 995. The van der Waals surface area contributed by atoms with E-state index >= 15 is 0 Å². The van der Waals surface area contributed by atoms with Crippen molar-refractivity contribution in [3.8, 4) is 5.82 Å². The predicted octanol–water partition coefficient (Wildman–Crippen LogP) is 2.85. The normalized spacial score (nSPS) is 10.8. The summed E-state index contributed by atoms with van der Waals surface area (Å²) in [5.41, 5.74) is 4.39. The van der Waals surface area contributed by atoms with Gasteiger partial charge in [-0.15, -0.1) is 0 Å². The van der Waals surface area contributed by atoms with Crippen molar-refractivity contribution in [3.63, 3.8) is 0 Å². The van der Waals surface area contributed by atoms with Crippen LogP contribution in [0.2, 0.25) is 0 Å². The number of likely N-dealkylation sites (N-methyl/N-ethyl adjacent to an activating group) is 1. The molecule has 0 fully saturated rings. The maximum atomic E-state index is 12.9. The fourth-order valence-electron chi connectivity index (χ4n) is 3.41. The summed E-state index contributed by atoms with van der Waals surface area (Å²) in [6, 6.07) is 7.81. The standard InChI is InChI=1S/C21H25N5O2/c1-14-10-15(2)19(16(3)11-14)23-18(27)13-24(4)21(28)17-12-22-25(5)20(17)26-8-6-7-9-26/h6-12H,13H2,1-5H3,(H,23,27). The molecule has 1 aromatic carbocycles. The number of aryl methyl sites for hydroxylation is 4. The third kappa shape index (κ3) is 3.83. The number of nitrogens with zero attached hydrogens (tertiary/aromatic N) is 4. The molecule has 28 heavy (non-hydrogen) atoms. The number of nitrogens with one attached hydrogen (secondary N) is 1. The molecule has 0 spiro atoms. The Hall–Kier alpha value is -3.35. The third-order valence-electron chi connectivity index (χ3n) is 4.66. The zero-order valence-corrected chi connectivity index (χ0v) is 16.9. The summed E-state index contributed by atoms with van der Waals surface area (Å²) >= 11 is 0. The topological polar surface area (TPSA) is 72.2 Å². The Kier molecular flexibility index (Phi) is 5.35. The van der Waals surface area contributed by atoms with Crippen LogP contribution in [0, 0.1) is 20.8 Å². The molecule has 2 heterocycles. The zero-order valence-electron chi connectivity index (χ0n) is 16.9. The van der Waals surface area contributed by atoms with Crippen molar-refractivity contribution in [1.82, 2.24) is 19.2 Å². The SMILES string of the molecule is Cc1cc(C)c(NC(=O)CN(C)C(=O)c2cnn(C)c2-n2cccc2)c(C)c1. The molecule has 3 aromatic rings. The van der Waals surface area contributed by atoms with Crippen LogP contribution in [-0.2, 0) is 11.8 Å². The van der Waals surface area contributed by atoms with Crippen molar-refractivity contribution >= 4 is 17.5 Å². The maximum absolute atomic E-state index is 12.9. The van der Waals surface area contributed by atoms with Crippen LogP contribution in [0.4, 0.5) is 5.69 Å². The Balaban J connectivity index is 1.75. The molecular weight excluding hydrogens is 354 g/mol. The van der Waals surface area contributed by atoms with Crippen molar-refractivity contribution < 1.29 is 9.59 Å². The van der Waals surface area contributed by atoms with Crippen molar-refractivity contribution in [2.45, 2.75) is 20.8 Å². The number of benzene rings is 1. The van der Waals surface area contributed by atoms with Crippen molar-refractivity contribution in [2.24, 2.45) is 7.05 Å². The van der Waals surface area contributed by atoms with Crippen LogP contribution < -0.4 is 5.32 Å². The first kappa shape index (κ1) is 19.4. The highest BCUT2D eigenvalue weighted by Gasteiger charge is 2.22. The van der Waals surface area contributed by atoms with Gasteiger partial charge in [-0.25, -0.2) is 0 Å². The molecule has 7 heteroatoms. The summed E-state index contributed by atoms with van der Waals surface area (Å²) in [5, 5.41) is 7.13. The first-order valence-corrected chi connectivity index (χ1v) is 9.06. The van der Waals surface area contributed by atoms with E-state index in [-0.39, 0.29) is 18.4 Å². The second kappa shape index (κ2) is 7.72. The molecule has 2 amide bonds. The zero-order chi connectivity index (χ0) is 20.4. The minimum Gasteiger partial charge on any atom is -0.332 e. The Morgan fingerprint density at radius 3 is 2.32 bits per heavy atom. The Morgan fingerprint density at radius 2 is 1.71 bits per heavy atom. The number of aromatic nitrogens is 3. The van der Waals surface area contributed by atoms with E-state index < -0.39 is 0 Å². The summed E-state index contributed by atoms with van der Waals surface area (Å²) in [5.74, 6) is 0.161. The molecule has 0 unspecified atom stereocenters. The highest BCUT2D eigenvalue weighted by molar-refractivity contribution is 6.01. The number of carbonyl (C=O) groups is 2. The number of rotatable bonds is 5. The van der Waals surface area contributed by atoms with Gasteiger partial charge in [0.2, 0.25) is 5.91 Å². The predicted molar refractivity (Wildman–Crippen MR) is 109 cm³/mol. The van der Waals surface area contributed by atoms with E-state index in [1.54, 1.807) is 18.8 Å². The van der Waals surface area contributed by atoms with Gasteiger partial charge in [0, 0.05) is 32.2 Å². The molecule has 0 aliphatic carbocycles. The van der Waals surface area contributed by atoms with Crippen LogP contribution >= 0.6 is 0 Å². The van der Waals surface area contributed by atoms with E-state index in [0.29, 0.717) is 11.4 Å². The van der Waals surface area contributed by atoms with E-state index in [1.807, 2.05) is 62.0 Å². The molecule has 0 bridgehead atoms. The van der Waals surface area contributed by atoms with Gasteiger partial charge in [-0.05, 0) is 44.0 Å². The maximum Gasteiger partial charge on any atom is 0.259 e. The van der Waals surface area contributed by atoms with Crippen LogP contribution in [-0.4, -0.2) is 44.7 Å². The molecule has 2 aromatic heterocycles. The van der Waals surface area contributed by atoms with Gasteiger partial charge in [-0.1, -0.05) is 17.7 Å². The van der Waals surface area contributed by atoms with Gasteiger partial charge in [0.15, 0.2) is 0 Å². The molecule has 1 N–H and O–H groups in total. The van der Waals surface area contributed by atoms with Crippen LogP contribution in [0.5, 0.6) is 0 Å². The average Bonchev–Trinajstić information content (AvgIpc) is 3.26. The molecule has 0 saturated carbocycles. The van der Waals surface area contributed by atoms with Crippen LogP contribution in [0.1, 0.15) is 27.0 Å². The number of amides is 2. The van der Waals surface area contributed by atoms with E-state index in [2.05, 4.69) is 10.4 Å². The molecule has 0 atom stereocenters. The van der Waals surface area contributed by atoms with Gasteiger partial charge in [-0.2, -0.15) is 5.10 Å². The fraction of sp³-hybridized carbons (Fsp3) is 0.286. The Labute approximate surface area is 164 Å². The number of anilines is 1. The van der Waals surface area contributed by atoms with Crippen molar-refractivity contribution in [1.29, 1.82) is 0 Å². The lowest BCUT2D eigenvalue weighted by atomic mass is 10.1. The minimum atomic E-state index is -0.260. The molecule has 7 nitrogen and oxygen atoms in total. The quantitative estimate of drug-likeness (QED) is 0.741. The number of hydrogen-bond donors (Lipinski definition) is 1. The molecular formula is C21H25N5O2. The first-order valence-electron chi connectivity index (χ1n) is 9.06. The second-order valence-corrected chi connectivity index (χ2v) is 7.08. The third-order valence-corrected chi connectivity index (χ3v) is 4.66. The minimum absolute atomic E-state index is 0.0500. The van der Waals surface area contributed by atoms with Gasteiger partial charge < -0.3 is 14.8 Å². The molecule has 0 radical (unpaired) electrons. The smallest absolute Gasteiger partial charge is 0.259 e. The van der Waals surface area contributed by atoms with E-state index in [1.165, 1.54) is 11.1 Å². The van der Waals surface area contributed by atoms with Crippen LogP contribution in [0.15, 0.2) is 42.9 Å². The van der Waals surface area contributed by atoms with Crippen LogP contribution in [0.3, 0.4) is 0 Å². The summed E-state index contributed by atoms with van der Waals surface area (Å²) in [6.45, 7) is 5.90. The summed E-state index contributed by atoms with van der Waals surface area (Å²) in [4.78, 5) is 26.9. The fourth-order valence-corrected chi connectivity index (χ4v) is 3.41. The first-order chi connectivity index (χ1) is 13.3. The van der Waals surface area contributed by atoms with E-state index in [0.717, 1.165) is 22.4 Å². The van der Waals surface area contributed by atoms with Gasteiger partial charge in [-0.3, -0.25) is 14.3 Å². The molecule has 0 aliphatic rings. The van der Waals surface area contributed by atoms with Gasteiger partial charge in [0.05, 0.1) is 12.7 Å². The Morgan fingerprint density at radius 1 is 1.11 bits per heavy atom. The highest BCUT2D eigenvalue weighted by Crippen LogP contribution is 2.22. The number of carbonyl (C=O) groups excluding carboxylic acids is 2. The van der Waals surface area contributed by atoms with Gasteiger partial charge >= 0.3 is 0 Å². The van der Waals surface area contributed by atoms with Crippen LogP contribution in [0.25, 0.3) is 5.82 Å². The van der Waals surface area contributed by atoms with Crippen molar-refractivity contribution in [2.75, 3.05) is 18.9 Å².